The van der Waals surface area contributed by atoms with Gasteiger partial charge in [-0.25, -0.2) is 4.98 Å². The predicted molar refractivity (Wildman–Crippen MR) is 84.5 cm³/mol. The van der Waals surface area contributed by atoms with Crippen molar-refractivity contribution in [1.29, 1.82) is 0 Å². The van der Waals surface area contributed by atoms with E-state index in [2.05, 4.69) is 21.9 Å². The van der Waals surface area contributed by atoms with Crippen molar-refractivity contribution in [2.24, 2.45) is 5.73 Å². The minimum Gasteiger partial charge on any atom is -0.354 e. The summed E-state index contributed by atoms with van der Waals surface area (Å²) in [5, 5.41) is 1.84. The maximum Gasteiger partial charge on any atom is 0.129 e. The highest BCUT2D eigenvalue weighted by Crippen LogP contribution is 2.22. The molecular formula is C15H19ClN4. The summed E-state index contributed by atoms with van der Waals surface area (Å²) in [6, 6.07) is 9.99. The number of rotatable bonds is 3. The Balaban J connectivity index is 1.76. The largest absolute Gasteiger partial charge is 0.354 e. The molecule has 106 valence electrons. The Morgan fingerprint density at radius 1 is 1.10 bits per heavy atom. The molecule has 0 bridgehead atoms. The van der Waals surface area contributed by atoms with Gasteiger partial charge in [0.1, 0.15) is 5.82 Å². The Hall–Kier alpha value is -1.36. The summed E-state index contributed by atoms with van der Waals surface area (Å²) >= 11 is 6.00. The number of nitrogens with two attached hydrogens (primary N) is 1. The monoisotopic (exact) mass is 290 g/mol. The highest BCUT2D eigenvalue weighted by atomic mass is 35.5. The maximum absolute atomic E-state index is 6.00. The number of piperazine rings is 1. The van der Waals surface area contributed by atoms with Gasteiger partial charge in [0, 0.05) is 49.7 Å². The molecule has 0 spiro atoms. The van der Waals surface area contributed by atoms with Crippen molar-refractivity contribution in [3.8, 4) is 0 Å². The van der Waals surface area contributed by atoms with Crippen LogP contribution in [0.1, 0.15) is 0 Å². The molecule has 0 saturated carbocycles. The number of nitrogens with zero attached hydrogens (tertiary/aromatic N) is 3. The molecule has 0 atom stereocenters. The molecule has 1 saturated heterocycles. The average molecular weight is 291 g/mol. The number of anilines is 1. The molecule has 4 nitrogen and oxygen atoms in total. The van der Waals surface area contributed by atoms with E-state index in [9.17, 15) is 0 Å². The lowest BCUT2D eigenvalue weighted by Gasteiger charge is -2.35. The van der Waals surface area contributed by atoms with Gasteiger partial charge >= 0.3 is 0 Å². The van der Waals surface area contributed by atoms with Crippen LogP contribution in [-0.2, 0) is 0 Å². The number of halogens is 1. The molecule has 1 aliphatic rings. The van der Waals surface area contributed by atoms with E-state index < -0.39 is 0 Å². The van der Waals surface area contributed by atoms with Gasteiger partial charge in [-0.05, 0) is 30.3 Å². The van der Waals surface area contributed by atoms with Gasteiger partial charge in [0.05, 0.1) is 5.52 Å². The zero-order valence-corrected chi connectivity index (χ0v) is 12.2. The minimum absolute atomic E-state index is 0.731. The molecule has 5 heteroatoms. The average Bonchev–Trinajstić information content (AvgIpc) is 2.48. The molecule has 0 aliphatic carbocycles. The molecule has 0 unspecified atom stereocenters. The van der Waals surface area contributed by atoms with Crippen molar-refractivity contribution >= 4 is 28.3 Å². The van der Waals surface area contributed by atoms with Crippen LogP contribution < -0.4 is 10.6 Å². The summed E-state index contributed by atoms with van der Waals surface area (Å²) in [4.78, 5) is 9.47. The fourth-order valence-corrected chi connectivity index (χ4v) is 2.83. The third-order valence-corrected chi connectivity index (χ3v) is 4.01. The SMILES string of the molecule is NCCN1CCN(c2ccc3cc(Cl)ccc3n2)CC1. The highest BCUT2D eigenvalue weighted by Gasteiger charge is 2.17. The minimum atomic E-state index is 0.731. The molecule has 1 fully saturated rings. The first-order valence-electron chi connectivity index (χ1n) is 7.00. The summed E-state index contributed by atoms with van der Waals surface area (Å²) in [6.07, 6.45) is 0. The number of aromatic nitrogens is 1. The van der Waals surface area contributed by atoms with Gasteiger partial charge < -0.3 is 10.6 Å². The molecule has 2 heterocycles. The first-order chi connectivity index (χ1) is 9.76. The topological polar surface area (TPSA) is 45.4 Å². The van der Waals surface area contributed by atoms with E-state index in [0.717, 1.165) is 61.0 Å². The lowest BCUT2D eigenvalue weighted by molar-refractivity contribution is 0.264. The van der Waals surface area contributed by atoms with Crippen molar-refractivity contribution in [2.45, 2.75) is 0 Å². The first kappa shape index (κ1) is 13.6. The fraction of sp³-hybridized carbons (Fsp3) is 0.400. The predicted octanol–water partition coefficient (Wildman–Crippen LogP) is 1.97. The smallest absolute Gasteiger partial charge is 0.129 e. The molecule has 1 aromatic heterocycles. The van der Waals surface area contributed by atoms with Gasteiger partial charge in [0.15, 0.2) is 0 Å². The third kappa shape index (κ3) is 2.87. The molecular weight excluding hydrogens is 272 g/mol. The number of pyridine rings is 1. The lowest BCUT2D eigenvalue weighted by Crippen LogP contribution is -2.48. The van der Waals surface area contributed by atoms with Crippen LogP contribution >= 0.6 is 11.6 Å². The van der Waals surface area contributed by atoms with E-state index in [1.54, 1.807) is 0 Å². The number of fused-ring (bicyclic) bond motifs is 1. The van der Waals surface area contributed by atoms with Crippen molar-refractivity contribution in [2.75, 3.05) is 44.2 Å². The summed E-state index contributed by atoms with van der Waals surface area (Å²) in [5.41, 5.74) is 6.60. The molecule has 1 aromatic carbocycles. The number of hydrogen-bond donors (Lipinski definition) is 1. The number of benzene rings is 1. The Morgan fingerprint density at radius 2 is 1.90 bits per heavy atom. The van der Waals surface area contributed by atoms with Crippen molar-refractivity contribution in [3.05, 3.63) is 35.4 Å². The fourth-order valence-electron chi connectivity index (χ4n) is 2.64. The second kappa shape index (κ2) is 5.95. The van der Waals surface area contributed by atoms with Crippen LogP contribution in [0.5, 0.6) is 0 Å². The van der Waals surface area contributed by atoms with Gasteiger partial charge in [0.25, 0.3) is 0 Å². The third-order valence-electron chi connectivity index (χ3n) is 3.78. The second-order valence-corrected chi connectivity index (χ2v) is 5.56. The molecule has 0 amide bonds. The van der Waals surface area contributed by atoms with Crippen LogP contribution in [0.4, 0.5) is 5.82 Å². The summed E-state index contributed by atoms with van der Waals surface area (Å²) in [5.74, 6) is 1.05. The Labute approximate surface area is 124 Å². The van der Waals surface area contributed by atoms with Gasteiger partial charge in [-0.2, -0.15) is 0 Å². The van der Waals surface area contributed by atoms with Crippen LogP contribution in [0.3, 0.4) is 0 Å². The molecule has 2 aromatic rings. The van der Waals surface area contributed by atoms with Gasteiger partial charge in [-0.3, -0.25) is 4.90 Å². The Morgan fingerprint density at radius 3 is 2.65 bits per heavy atom. The van der Waals surface area contributed by atoms with Gasteiger partial charge in [-0.15, -0.1) is 0 Å². The zero-order chi connectivity index (χ0) is 13.9. The van der Waals surface area contributed by atoms with E-state index in [1.165, 1.54) is 0 Å². The van der Waals surface area contributed by atoms with Crippen LogP contribution in [-0.4, -0.2) is 49.2 Å². The zero-order valence-electron chi connectivity index (χ0n) is 11.4. The maximum atomic E-state index is 6.00. The Kier molecular flexibility index (Phi) is 4.05. The van der Waals surface area contributed by atoms with E-state index in [4.69, 9.17) is 22.3 Å². The van der Waals surface area contributed by atoms with E-state index >= 15 is 0 Å². The van der Waals surface area contributed by atoms with Crippen molar-refractivity contribution < 1.29 is 0 Å². The quantitative estimate of drug-likeness (QED) is 0.939. The van der Waals surface area contributed by atoms with E-state index in [1.807, 2.05) is 18.2 Å². The highest BCUT2D eigenvalue weighted by molar-refractivity contribution is 6.31. The van der Waals surface area contributed by atoms with E-state index in [0.29, 0.717) is 0 Å². The first-order valence-corrected chi connectivity index (χ1v) is 7.38. The van der Waals surface area contributed by atoms with Crippen LogP contribution in [0, 0.1) is 0 Å². The molecule has 1 aliphatic heterocycles. The summed E-state index contributed by atoms with van der Waals surface area (Å²) in [6.45, 7) is 5.83. The van der Waals surface area contributed by atoms with Crippen LogP contribution in [0.25, 0.3) is 10.9 Å². The van der Waals surface area contributed by atoms with Crippen molar-refractivity contribution in [3.63, 3.8) is 0 Å². The number of hydrogen-bond acceptors (Lipinski definition) is 4. The van der Waals surface area contributed by atoms with E-state index in [-0.39, 0.29) is 0 Å². The standard InChI is InChI=1S/C15H19ClN4/c16-13-2-3-14-12(11-13)1-4-15(18-14)20-9-7-19(6-5-17)8-10-20/h1-4,11H,5-10,17H2. The van der Waals surface area contributed by atoms with Gasteiger partial charge in [-0.1, -0.05) is 11.6 Å². The second-order valence-electron chi connectivity index (χ2n) is 5.12. The molecule has 0 radical (unpaired) electrons. The van der Waals surface area contributed by atoms with Crippen LogP contribution in [0.2, 0.25) is 5.02 Å². The lowest BCUT2D eigenvalue weighted by atomic mass is 10.2. The molecule has 2 N–H and O–H groups in total. The van der Waals surface area contributed by atoms with Gasteiger partial charge in [0.2, 0.25) is 0 Å². The molecule has 3 rings (SSSR count). The summed E-state index contributed by atoms with van der Waals surface area (Å²) in [7, 11) is 0. The van der Waals surface area contributed by atoms with Crippen molar-refractivity contribution in [1.82, 2.24) is 9.88 Å². The molecule has 20 heavy (non-hydrogen) atoms. The summed E-state index contributed by atoms with van der Waals surface area (Å²) < 4.78 is 0. The van der Waals surface area contributed by atoms with Crippen LogP contribution in [0.15, 0.2) is 30.3 Å². The Bertz CT molecular complexity index is 593. The normalized spacial score (nSPS) is 16.8.